The Kier molecular flexibility index (Phi) is 5.44. The first-order valence-corrected chi connectivity index (χ1v) is 7.52. The molecule has 0 aromatic heterocycles. The van der Waals surface area contributed by atoms with Gasteiger partial charge in [-0.15, -0.1) is 0 Å². The lowest BCUT2D eigenvalue weighted by atomic mass is 9.82. The van der Waals surface area contributed by atoms with Gasteiger partial charge in [-0.1, -0.05) is 26.0 Å². The molecule has 0 spiro atoms. The third-order valence-corrected chi connectivity index (χ3v) is 4.13. The van der Waals surface area contributed by atoms with E-state index in [1.165, 1.54) is 6.42 Å². The van der Waals surface area contributed by atoms with E-state index in [1.807, 2.05) is 24.3 Å². The van der Waals surface area contributed by atoms with Crippen LogP contribution in [-0.2, 0) is 4.74 Å². The van der Waals surface area contributed by atoms with Gasteiger partial charge in [-0.2, -0.15) is 0 Å². The Hall–Kier alpha value is -1.06. The van der Waals surface area contributed by atoms with Gasteiger partial charge in [0.25, 0.3) is 0 Å². The minimum Gasteiger partial charge on any atom is -0.497 e. The van der Waals surface area contributed by atoms with Gasteiger partial charge in [0.15, 0.2) is 0 Å². The van der Waals surface area contributed by atoms with E-state index < -0.39 is 6.10 Å². The first-order valence-electron chi connectivity index (χ1n) is 7.52. The van der Waals surface area contributed by atoms with Gasteiger partial charge in [0.1, 0.15) is 11.9 Å². The summed E-state index contributed by atoms with van der Waals surface area (Å²) >= 11 is 0. The second kappa shape index (κ2) is 7.09. The largest absolute Gasteiger partial charge is 0.497 e. The molecule has 0 aliphatic heterocycles. The molecule has 1 aromatic carbocycles. The topological polar surface area (TPSA) is 38.7 Å². The highest BCUT2D eigenvalue weighted by Gasteiger charge is 2.25. The molecule has 1 saturated carbocycles. The van der Waals surface area contributed by atoms with Crippen LogP contribution in [0.3, 0.4) is 0 Å². The number of rotatable bonds is 5. The van der Waals surface area contributed by atoms with E-state index in [4.69, 9.17) is 9.47 Å². The molecule has 3 unspecified atom stereocenters. The van der Waals surface area contributed by atoms with Crippen LogP contribution in [0.15, 0.2) is 24.3 Å². The Labute approximate surface area is 121 Å². The van der Waals surface area contributed by atoms with E-state index in [0.29, 0.717) is 12.7 Å². The van der Waals surface area contributed by atoms with Crippen LogP contribution in [0.2, 0.25) is 0 Å². The molecular formula is C17H26O3. The molecule has 1 N–H and O–H groups in total. The van der Waals surface area contributed by atoms with Gasteiger partial charge in [-0.05, 0) is 48.8 Å². The number of methoxy groups -OCH3 is 1. The number of hydrogen-bond acceptors (Lipinski definition) is 3. The van der Waals surface area contributed by atoms with Gasteiger partial charge in [0.2, 0.25) is 0 Å². The van der Waals surface area contributed by atoms with Crippen LogP contribution in [0.5, 0.6) is 5.75 Å². The fourth-order valence-corrected chi connectivity index (χ4v) is 3.16. The smallest absolute Gasteiger partial charge is 0.118 e. The summed E-state index contributed by atoms with van der Waals surface area (Å²) in [5, 5.41) is 10.2. The maximum Gasteiger partial charge on any atom is 0.118 e. The molecule has 0 bridgehead atoms. The van der Waals surface area contributed by atoms with Crippen molar-refractivity contribution in [2.24, 2.45) is 11.8 Å². The average molecular weight is 278 g/mol. The zero-order valence-electron chi connectivity index (χ0n) is 12.7. The van der Waals surface area contributed by atoms with Gasteiger partial charge in [-0.3, -0.25) is 0 Å². The summed E-state index contributed by atoms with van der Waals surface area (Å²) in [5.41, 5.74) is 0.878. The van der Waals surface area contributed by atoms with Crippen LogP contribution in [0, 0.1) is 11.8 Å². The van der Waals surface area contributed by atoms with Crippen LogP contribution in [0.4, 0.5) is 0 Å². The highest BCUT2D eigenvalue weighted by Crippen LogP contribution is 2.31. The summed E-state index contributed by atoms with van der Waals surface area (Å²) in [6.07, 6.45) is 3.25. The zero-order valence-corrected chi connectivity index (χ0v) is 12.7. The standard InChI is InChI=1S/C17H26O3/c1-12-8-13(2)10-16(9-12)20-11-17(18)14-4-6-15(19-3)7-5-14/h4-7,12-13,16-18H,8-11H2,1-3H3. The number of hydrogen-bond donors (Lipinski definition) is 1. The zero-order chi connectivity index (χ0) is 14.5. The highest BCUT2D eigenvalue weighted by atomic mass is 16.5. The number of ether oxygens (including phenoxy) is 2. The highest BCUT2D eigenvalue weighted by molar-refractivity contribution is 5.28. The molecule has 1 aliphatic carbocycles. The van der Waals surface area contributed by atoms with E-state index in [-0.39, 0.29) is 0 Å². The van der Waals surface area contributed by atoms with Crippen LogP contribution in [0.1, 0.15) is 44.8 Å². The van der Waals surface area contributed by atoms with Gasteiger partial charge in [0, 0.05) is 0 Å². The fraction of sp³-hybridized carbons (Fsp3) is 0.647. The van der Waals surface area contributed by atoms with Crippen molar-refractivity contribution in [1.29, 1.82) is 0 Å². The number of aliphatic hydroxyl groups is 1. The summed E-state index contributed by atoms with van der Waals surface area (Å²) in [7, 11) is 1.64. The Morgan fingerprint density at radius 1 is 1.10 bits per heavy atom. The van der Waals surface area contributed by atoms with Gasteiger partial charge < -0.3 is 14.6 Å². The average Bonchev–Trinajstić information content (AvgIpc) is 2.44. The van der Waals surface area contributed by atoms with Gasteiger partial charge in [-0.25, -0.2) is 0 Å². The molecule has 3 nitrogen and oxygen atoms in total. The van der Waals surface area contributed by atoms with Crippen molar-refractivity contribution >= 4 is 0 Å². The minimum atomic E-state index is -0.562. The fourth-order valence-electron chi connectivity index (χ4n) is 3.16. The second-order valence-electron chi connectivity index (χ2n) is 6.16. The molecule has 20 heavy (non-hydrogen) atoms. The van der Waals surface area contributed by atoms with Crippen molar-refractivity contribution in [1.82, 2.24) is 0 Å². The van der Waals surface area contributed by atoms with E-state index in [2.05, 4.69) is 13.8 Å². The van der Waals surface area contributed by atoms with Crippen molar-refractivity contribution in [3.05, 3.63) is 29.8 Å². The first kappa shape index (κ1) is 15.3. The molecule has 0 heterocycles. The van der Waals surface area contributed by atoms with Crippen molar-refractivity contribution in [3.63, 3.8) is 0 Å². The van der Waals surface area contributed by atoms with Gasteiger partial charge >= 0.3 is 0 Å². The molecule has 0 radical (unpaired) electrons. The lowest BCUT2D eigenvalue weighted by Gasteiger charge is -2.31. The van der Waals surface area contributed by atoms with E-state index in [9.17, 15) is 5.11 Å². The van der Waals surface area contributed by atoms with Gasteiger partial charge in [0.05, 0.1) is 19.8 Å². The quantitative estimate of drug-likeness (QED) is 0.895. The molecule has 1 aromatic rings. The van der Waals surface area contributed by atoms with Crippen molar-refractivity contribution < 1.29 is 14.6 Å². The Morgan fingerprint density at radius 3 is 2.25 bits per heavy atom. The summed E-state index contributed by atoms with van der Waals surface area (Å²) in [5.74, 6) is 2.25. The third-order valence-electron chi connectivity index (χ3n) is 4.13. The van der Waals surface area contributed by atoms with Crippen molar-refractivity contribution in [2.45, 2.75) is 45.3 Å². The van der Waals surface area contributed by atoms with Crippen LogP contribution in [0.25, 0.3) is 0 Å². The van der Waals surface area contributed by atoms with Crippen molar-refractivity contribution in [3.8, 4) is 5.75 Å². The molecule has 3 heteroatoms. The maximum absolute atomic E-state index is 10.2. The van der Waals surface area contributed by atoms with Crippen molar-refractivity contribution in [2.75, 3.05) is 13.7 Å². The predicted molar refractivity (Wildman–Crippen MR) is 79.9 cm³/mol. The predicted octanol–water partition coefficient (Wildman–Crippen LogP) is 3.57. The molecule has 1 fully saturated rings. The normalized spacial score (nSPS) is 28.1. The monoisotopic (exact) mass is 278 g/mol. The SMILES string of the molecule is COc1ccc(C(O)COC2CC(C)CC(C)C2)cc1. The number of aliphatic hydroxyl groups excluding tert-OH is 1. The number of benzene rings is 1. The second-order valence-corrected chi connectivity index (χ2v) is 6.16. The first-order chi connectivity index (χ1) is 9.58. The van der Waals surface area contributed by atoms with Crippen LogP contribution < -0.4 is 4.74 Å². The van der Waals surface area contributed by atoms with E-state index >= 15 is 0 Å². The lowest BCUT2D eigenvalue weighted by molar-refractivity contribution is -0.0412. The minimum absolute atomic E-state index is 0.293. The van der Waals surface area contributed by atoms with Crippen LogP contribution in [-0.4, -0.2) is 24.9 Å². The molecule has 0 amide bonds. The third kappa shape index (κ3) is 4.22. The Balaban J connectivity index is 1.83. The molecule has 1 aliphatic rings. The molecule has 112 valence electrons. The molecule has 2 rings (SSSR count). The summed E-state index contributed by atoms with van der Waals surface area (Å²) < 4.78 is 11.0. The maximum atomic E-state index is 10.2. The Bertz CT molecular complexity index is 391. The molecular weight excluding hydrogens is 252 g/mol. The molecule has 0 saturated heterocycles. The summed E-state index contributed by atoms with van der Waals surface area (Å²) in [4.78, 5) is 0. The summed E-state index contributed by atoms with van der Waals surface area (Å²) in [6, 6.07) is 7.50. The van der Waals surface area contributed by atoms with Crippen LogP contribution >= 0.6 is 0 Å². The summed E-state index contributed by atoms with van der Waals surface area (Å²) in [6.45, 7) is 4.94. The van der Waals surface area contributed by atoms with E-state index in [1.54, 1.807) is 7.11 Å². The molecule has 3 atom stereocenters. The lowest BCUT2D eigenvalue weighted by Crippen LogP contribution is -2.27. The Morgan fingerprint density at radius 2 is 1.70 bits per heavy atom. The van der Waals surface area contributed by atoms with E-state index in [0.717, 1.165) is 36.0 Å².